The Morgan fingerprint density at radius 2 is 2.00 bits per heavy atom. The molecule has 9 heteroatoms. The molecule has 8 nitrogen and oxygen atoms in total. The fraction of sp³-hybridized carbons (Fsp3) is 0.235. The fourth-order valence-electron chi connectivity index (χ4n) is 1.98. The van der Waals surface area contributed by atoms with E-state index in [1.54, 1.807) is 19.2 Å². The van der Waals surface area contributed by atoms with E-state index < -0.39 is 0 Å². The quantitative estimate of drug-likeness (QED) is 0.570. The molecule has 0 aliphatic heterocycles. The standard InChI is InChI=1S/C17H17N3O5S/c1-22-12-4-6-13(7-5-12)23-9-10-26-11-15(21)18-17-20-19-16(25-17)14-3-2-8-24-14/h2-8H,9-11H2,1H3,(H,18,20,21). The van der Waals surface area contributed by atoms with E-state index in [9.17, 15) is 4.79 Å². The SMILES string of the molecule is COc1ccc(OCCSCC(=O)Nc2nnc(-c3ccco3)o2)cc1. The number of anilines is 1. The average molecular weight is 375 g/mol. The fourth-order valence-corrected chi connectivity index (χ4v) is 2.59. The number of benzene rings is 1. The highest BCUT2D eigenvalue weighted by atomic mass is 32.2. The Morgan fingerprint density at radius 1 is 1.19 bits per heavy atom. The van der Waals surface area contributed by atoms with E-state index >= 15 is 0 Å². The monoisotopic (exact) mass is 375 g/mol. The van der Waals surface area contributed by atoms with Crippen molar-refractivity contribution in [3.8, 4) is 23.1 Å². The van der Waals surface area contributed by atoms with Crippen molar-refractivity contribution in [2.45, 2.75) is 0 Å². The molecular formula is C17H17N3O5S. The van der Waals surface area contributed by atoms with Crippen molar-refractivity contribution in [1.82, 2.24) is 10.2 Å². The van der Waals surface area contributed by atoms with Crippen molar-refractivity contribution in [2.24, 2.45) is 0 Å². The van der Waals surface area contributed by atoms with Gasteiger partial charge in [0.15, 0.2) is 5.76 Å². The number of nitrogens with zero attached hydrogens (tertiary/aromatic N) is 2. The molecule has 3 rings (SSSR count). The highest BCUT2D eigenvalue weighted by Gasteiger charge is 2.12. The largest absolute Gasteiger partial charge is 0.497 e. The summed E-state index contributed by atoms with van der Waals surface area (Å²) in [5.74, 6) is 2.89. The summed E-state index contributed by atoms with van der Waals surface area (Å²) in [7, 11) is 1.61. The van der Waals surface area contributed by atoms with E-state index in [1.165, 1.54) is 18.0 Å². The molecule has 0 saturated heterocycles. The molecule has 0 radical (unpaired) electrons. The van der Waals surface area contributed by atoms with E-state index in [-0.39, 0.29) is 23.6 Å². The summed E-state index contributed by atoms with van der Waals surface area (Å²) in [6.45, 7) is 0.494. The second-order valence-electron chi connectivity index (χ2n) is 5.01. The molecule has 2 heterocycles. The van der Waals surface area contributed by atoms with Crippen LogP contribution in [0.1, 0.15) is 0 Å². The van der Waals surface area contributed by atoms with E-state index in [2.05, 4.69) is 15.5 Å². The van der Waals surface area contributed by atoms with Crippen LogP contribution in [-0.4, -0.2) is 41.3 Å². The number of carbonyl (C=O) groups excluding carboxylic acids is 1. The maximum Gasteiger partial charge on any atom is 0.322 e. The molecule has 0 unspecified atom stereocenters. The van der Waals surface area contributed by atoms with E-state index in [0.29, 0.717) is 18.1 Å². The highest BCUT2D eigenvalue weighted by molar-refractivity contribution is 7.99. The zero-order valence-electron chi connectivity index (χ0n) is 14.0. The molecule has 0 fully saturated rings. The minimum absolute atomic E-state index is 0.0384. The van der Waals surface area contributed by atoms with Gasteiger partial charge >= 0.3 is 6.01 Å². The lowest BCUT2D eigenvalue weighted by molar-refractivity contribution is -0.113. The summed E-state index contributed by atoms with van der Waals surface area (Å²) in [5, 5.41) is 10.1. The number of rotatable bonds is 9. The minimum atomic E-state index is -0.228. The molecule has 3 aromatic rings. The van der Waals surface area contributed by atoms with Gasteiger partial charge in [0.05, 0.1) is 25.7 Å². The predicted molar refractivity (Wildman–Crippen MR) is 96.4 cm³/mol. The van der Waals surface area contributed by atoms with Crippen LogP contribution in [0.2, 0.25) is 0 Å². The average Bonchev–Trinajstić information content (AvgIpc) is 3.33. The maximum absolute atomic E-state index is 11.9. The zero-order valence-corrected chi connectivity index (χ0v) is 14.8. The lowest BCUT2D eigenvalue weighted by atomic mass is 10.3. The summed E-state index contributed by atoms with van der Waals surface area (Å²) >= 11 is 1.44. The lowest BCUT2D eigenvalue weighted by Crippen LogP contribution is -2.15. The number of methoxy groups -OCH3 is 1. The van der Waals surface area contributed by atoms with Gasteiger partial charge < -0.3 is 18.3 Å². The number of thioether (sulfide) groups is 1. The summed E-state index contributed by atoms with van der Waals surface area (Å²) < 4.78 is 21.1. The second kappa shape index (κ2) is 8.95. The Bertz CT molecular complexity index is 817. The summed E-state index contributed by atoms with van der Waals surface area (Å²) in [4.78, 5) is 11.9. The van der Waals surface area contributed by atoms with Crippen LogP contribution in [0.5, 0.6) is 11.5 Å². The van der Waals surface area contributed by atoms with Crippen molar-refractivity contribution in [2.75, 3.05) is 30.5 Å². The number of carbonyl (C=O) groups is 1. The van der Waals surface area contributed by atoms with E-state index in [0.717, 1.165) is 11.5 Å². The molecule has 1 N–H and O–H groups in total. The van der Waals surface area contributed by atoms with Crippen LogP contribution in [-0.2, 0) is 4.79 Å². The molecule has 0 bridgehead atoms. The number of aromatic nitrogens is 2. The topological polar surface area (TPSA) is 99.6 Å². The molecular weight excluding hydrogens is 358 g/mol. The van der Waals surface area contributed by atoms with Gasteiger partial charge in [0.1, 0.15) is 11.5 Å². The summed E-state index contributed by atoms with van der Waals surface area (Å²) in [5.41, 5.74) is 0. The first-order valence-corrected chi connectivity index (χ1v) is 8.92. The van der Waals surface area contributed by atoms with Gasteiger partial charge in [-0.05, 0) is 36.4 Å². The molecule has 2 aromatic heterocycles. The molecule has 136 valence electrons. The van der Waals surface area contributed by atoms with Gasteiger partial charge in [-0.2, -0.15) is 0 Å². The van der Waals surface area contributed by atoms with Crippen molar-refractivity contribution in [1.29, 1.82) is 0 Å². The molecule has 26 heavy (non-hydrogen) atoms. The third-order valence-electron chi connectivity index (χ3n) is 3.19. The number of hydrogen-bond acceptors (Lipinski definition) is 8. The lowest BCUT2D eigenvalue weighted by Gasteiger charge is -2.06. The van der Waals surface area contributed by atoms with Crippen LogP contribution < -0.4 is 14.8 Å². The van der Waals surface area contributed by atoms with Gasteiger partial charge in [0, 0.05) is 5.75 Å². The zero-order chi connectivity index (χ0) is 18.2. The van der Waals surface area contributed by atoms with E-state index in [1.807, 2.05) is 24.3 Å². The van der Waals surface area contributed by atoms with Crippen molar-refractivity contribution >= 4 is 23.7 Å². The van der Waals surface area contributed by atoms with E-state index in [4.69, 9.17) is 18.3 Å². The normalized spacial score (nSPS) is 10.5. The number of nitrogens with one attached hydrogen (secondary N) is 1. The van der Waals surface area contributed by atoms with Gasteiger partial charge in [-0.15, -0.1) is 16.9 Å². The highest BCUT2D eigenvalue weighted by Crippen LogP contribution is 2.20. The number of amides is 1. The maximum atomic E-state index is 11.9. The van der Waals surface area contributed by atoms with Crippen LogP contribution in [0.15, 0.2) is 51.5 Å². The molecule has 0 aliphatic carbocycles. The van der Waals surface area contributed by atoms with Crippen molar-refractivity contribution in [3.05, 3.63) is 42.7 Å². The third kappa shape index (κ3) is 5.03. The van der Waals surface area contributed by atoms with Crippen molar-refractivity contribution in [3.63, 3.8) is 0 Å². The number of hydrogen-bond donors (Lipinski definition) is 1. The van der Waals surface area contributed by atoms with Crippen LogP contribution in [0.3, 0.4) is 0 Å². The van der Waals surface area contributed by atoms with Crippen LogP contribution in [0, 0.1) is 0 Å². The number of furan rings is 1. The van der Waals surface area contributed by atoms with Crippen LogP contribution in [0.25, 0.3) is 11.7 Å². The number of ether oxygens (including phenoxy) is 2. The summed E-state index contributed by atoms with van der Waals surface area (Å²) in [6, 6.07) is 10.8. The Morgan fingerprint density at radius 3 is 2.73 bits per heavy atom. The van der Waals surface area contributed by atoms with Gasteiger partial charge in [-0.1, -0.05) is 5.10 Å². The molecule has 0 spiro atoms. The molecule has 0 aliphatic rings. The van der Waals surface area contributed by atoms with Crippen LogP contribution >= 0.6 is 11.8 Å². The smallest absolute Gasteiger partial charge is 0.322 e. The Labute approximate surface area is 153 Å². The van der Waals surface area contributed by atoms with Gasteiger partial charge in [0.25, 0.3) is 5.89 Å². The first-order chi connectivity index (χ1) is 12.7. The Kier molecular flexibility index (Phi) is 6.15. The first-order valence-electron chi connectivity index (χ1n) is 7.76. The van der Waals surface area contributed by atoms with Gasteiger partial charge in [-0.3, -0.25) is 10.1 Å². The first kappa shape index (κ1) is 17.9. The second-order valence-corrected chi connectivity index (χ2v) is 6.12. The minimum Gasteiger partial charge on any atom is -0.497 e. The molecule has 0 atom stereocenters. The van der Waals surface area contributed by atoms with Crippen molar-refractivity contribution < 1.29 is 23.1 Å². The Hall–Kier alpha value is -2.94. The van der Waals surface area contributed by atoms with Crippen LogP contribution in [0.4, 0.5) is 6.01 Å². The molecule has 0 saturated carbocycles. The molecule has 1 amide bonds. The van der Waals surface area contributed by atoms with Gasteiger partial charge in [-0.25, -0.2) is 0 Å². The molecule has 1 aromatic carbocycles. The van der Waals surface area contributed by atoms with Gasteiger partial charge in [0.2, 0.25) is 5.91 Å². The third-order valence-corrected chi connectivity index (χ3v) is 4.11. The Balaban J connectivity index is 1.34. The predicted octanol–water partition coefficient (Wildman–Crippen LogP) is 3.09. The summed E-state index contributed by atoms with van der Waals surface area (Å²) in [6.07, 6.45) is 1.50.